The molecule has 8 unspecified atom stereocenters. The number of hydrogen-bond donors (Lipinski definition) is 0. The number of hydrogen-bond acceptors (Lipinski definition) is 8. The van der Waals surface area contributed by atoms with Crippen LogP contribution in [0.4, 0.5) is 0 Å². The van der Waals surface area contributed by atoms with E-state index in [4.69, 9.17) is 18.9 Å². The summed E-state index contributed by atoms with van der Waals surface area (Å²) in [5.41, 5.74) is -0.537. The molecule has 0 aromatic rings. The van der Waals surface area contributed by atoms with Crippen molar-refractivity contribution in [2.45, 2.75) is 232 Å². The van der Waals surface area contributed by atoms with Gasteiger partial charge in [0.15, 0.2) is 12.2 Å². The third-order valence-corrected chi connectivity index (χ3v) is 16.5. The Hall–Kier alpha value is -1.67. The summed E-state index contributed by atoms with van der Waals surface area (Å²) >= 11 is 0. The van der Waals surface area contributed by atoms with Crippen LogP contribution in [0, 0.1) is 52.8 Å². The van der Waals surface area contributed by atoms with E-state index in [0.29, 0.717) is 12.8 Å². The smallest absolute Gasteiger partial charge is 0.311 e. The molecule has 350 valence electrons. The van der Waals surface area contributed by atoms with Gasteiger partial charge in [0.1, 0.15) is 12.7 Å². The molecule has 0 radical (unpaired) electrons. The molecule has 2 heterocycles. The van der Waals surface area contributed by atoms with Gasteiger partial charge in [-0.2, -0.15) is 0 Å². The largest absolute Gasteiger partial charge is 0.462 e. The van der Waals surface area contributed by atoms with Crippen LogP contribution in [0.25, 0.3) is 0 Å². The number of unbranched alkanes of at least 4 members (excludes halogenated alkanes) is 12. The van der Waals surface area contributed by atoms with Crippen LogP contribution >= 0.6 is 0 Å². The number of likely N-dealkylation sites (tertiary alicyclic amines) is 1. The van der Waals surface area contributed by atoms with E-state index in [-0.39, 0.29) is 31.1 Å². The Morgan fingerprint density at radius 1 is 0.574 bits per heavy atom. The highest BCUT2D eigenvalue weighted by Gasteiger charge is 2.47. The summed E-state index contributed by atoms with van der Waals surface area (Å²) in [6.07, 6.45) is 34.1. The van der Waals surface area contributed by atoms with Gasteiger partial charge in [0.25, 0.3) is 0 Å². The third kappa shape index (κ3) is 17.0. The monoisotopic (exact) mass is 854 g/mol. The average Bonchev–Trinajstić information content (AvgIpc) is 4.13. The molecule has 0 aromatic heterocycles. The maximum atomic E-state index is 13.2. The molecule has 8 heteroatoms. The summed E-state index contributed by atoms with van der Waals surface area (Å²) < 4.78 is 23.8. The van der Waals surface area contributed by atoms with E-state index in [9.17, 15) is 14.4 Å². The number of rotatable bonds is 33. The fourth-order valence-electron chi connectivity index (χ4n) is 11.4. The van der Waals surface area contributed by atoms with Crippen molar-refractivity contribution in [2.75, 3.05) is 33.4 Å². The Labute approximate surface area is 372 Å². The maximum Gasteiger partial charge on any atom is 0.311 e. The van der Waals surface area contributed by atoms with Gasteiger partial charge in [-0.15, -0.1) is 0 Å². The summed E-state index contributed by atoms with van der Waals surface area (Å²) in [5, 5.41) is 0. The Morgan fingerprint density at radius 2 is 1.00 bits per heavy atom. The molecule has 11 atom stereocenters. The lowest BCUT2D eigenvalue weighted by molar-refractivity contribution is -0.171. The number of esters is 3. The van der Waals surface area contributed by atoms with E-state index in [1.54, 1.807) is 0 Å². The Morgan fingerprint density at radius 3 is 1.48 bits per heavy atom. The number of piperidine rings is 1. The van der Waals surface area contributed by atoms with Gasteiger partial charge in [-0.1, -0.05) is 129 Å². The summed E-state index contributed by atoms with van der Waals surface area (Å²) in [6, 6.07) is 0. The zero-order valence-electron chi connectivity index (χ0n) is 39.7. The van der Waals surface area contributed by atoms with Crippen LogP contribution in [0.3, 0.4) is 0 Å². The van der Waals surface area contributed by atoms with Crippen molar-refractivity contribution in [3.05, 3.63) is 0 Å². The molecule has 0 N–H and O–H groups in total. The lowest BCUT2D eigenvalue weighted by Crippen LogP contribution is -2.44. The van der Waals surface area contributed by atoms with Crippen molar-refractivity contribution in [3.8, 4) is 0 Å². The molecule has 0 bridgehead atoms. The normalized spacial score (nSPS) is 32.4. The fraction of sp³-hybridized carbons (Fsp3) is 0.943. The Kier molecular flexibility index (Phi) is 20.1. The van der Waals surface area contributed by atoms with Crippen LogP contribution in [-0.2, 0) is 33.3 Å². The topological polar surface area (TPSA) is 91.4 Å². The molecule has 2 aliphatic heterocycles. The predicted molar refractivity (Wildman–Crippen MR) is 244 cm³/mol. The molecular formula is C53H91NO7. The highest BCUT2D eigenvalue weighted by molar-refractivity contribution is 5.76. The number of ether oxygens (including phenoxy) is 4. The van der Waals surface area contributed by atoms with E-state index in [2.05, 4.69) is 25.8 Å². The molecule has 4 aliphatic carbocycles. The second-order valence-corrected chi connectivity index (χ2v) is 21.9. The highest BCUT2D eigenvalue weighted by atomic mass is 16.6. The molecular weight excluding hydrogens is 763 g/mol. The minimum Gasteiger partial charge on any atom is -0.462 e. The Bertz CT molecular complexity index is 1310. The van der Waals surface area contributed by atoms with Crippen molar-refractivity contribution in [1.82, 2.24) is 4.90 Å². The van der Waals surface area contributed by atoms with Crippen LogP contribution < -0.4 is 0 Å². The number of carbonyl (C=O) groups excluding carboxylic acids is 3. The number of carbonyl (C=O) groups is 3. The molecule has 4 saturated carbocycles. The molecule has 2 saturated heterocycles. The fourth-order valence-corrected chi connectivity index (χ4v) is 11.4. The van der Waals surface area contributed by atoms with Gasteiger partial charge < -0.3 is 23.8 Å². The second-order valence-electron chi connectivity index (χ2n) is 21.9. The van der Waals surface area contributed by atoms with Gasteiger partial charge in [-0.25, -0.2) is 0 Å². The molecule has 61 heavy (non-hydrogen) atoms. The maximum absolute atomic E-state index is 13.2. The van der Waals surface area contributed by atoms with Gasteiger partial charge >= 0.3 is 17.9 Å². The first kappa shape index (κ1) is 48.8. The van der Waals surface area contributed by atoms with Gasteiger partial charge in [-0.05, 0) is 139 Å². The first-order valence-corrected chi connectivity index (χ1v) is 26.5. The SMILES string of the molecule is CCCCCC1CC1CC1CC1CCCCCCCC(=O)O[C@@H]1[C@@H](OC(=O)CCCCCCCC2CC2CC2CC2CCCCC)CO[C@@H]1COC(=O)C1(C)CCN(C)CC1. The molecule has 8 nitrogen and oxygen atoms in total. The van der Waals surface area contributed by atoms with Crippen molar-refractivity contribution < 1.29 is 33.3 Å². The second kappa shape index (κ2) is 25.1. The average molecular weight is 854 g/mol. The third-order valence-electron chi connectivity index (χ3n) is 16.5. The van der Waals surface area contributed by atoms with Gasteiger partial charge in [0, 0.05) is 12.8 Å². The number of nitrogens with zero attached hydrogens (tertiary/aromatic N) is 1. The molecule has 0 aromatic carbocycles. The minimum atomic E-state index is -0.776. The highest BCUT2D eigenvalue weighted by Crippen LogP contribution is 2.55. The lowest BCUT2D eigenvalue weighted by atomic mass is 9.80. The molecule has 6 fully saturated rings. The van der Waals surface area contributed by atoms with E-state index < -0.39 is 23.7 Å². The van der Waals surface area contributed by atoms with Gasteiger partial charge in [0.2, 0.25) is 0 Å². The molecule has 0 amide bonds. The quantitative estimate of drug-likeness (QED) is 0.0366. The van der Waals surface area contributed by atoms with Crippen LogP contribution in [0.5, 0.6) is 0 Å². The van der Waals surface area contributed by atoms with Gasteiger partial charge in [0.05, 0.1) is 12.0 Å². The van der Waals surface area contributed by atoms with Crippen LogP contribution in [0.1, 0.15) is 213 Å². The first-order valence-electron chi connectivity index (χ1n) is 26.5. The predicted octanol–water partition coefficient (Wildman–Crippen LogP) is 12.4. The van der Waals surface area contributed by atoms with E-state index in [0.717, 1.165) is 112 Å². The lowest BCUT2D eigenvalue weighted by Gasteiger charge is -2.36. The zero-order chi connectivity index (χ0) is 43.0. The first-order chi connectivity index (χ1) is 29.7. The summed E-state index contributed by atoms with van der Waals surface area (Å²) in [6.45, 7) is 8.41. The van der Waals surface area contributed by atoms with Crippen LogP contribution in [0.2, 0.25) is 0 Å². The molecule has 6 aliphatic rings. The van der Waals surface area contributed by atoms with E-state index >= 15 is 0 Å². The van der Waals surface area contributed by atoms with Crippen molar-refractivity contribution in [2.24, 2.45) is 52.8 Å². The molecule has 0 spiro atoms. The zero-order valence-corrected chi connectivity index (χ0v) is 39.7. The van der Waals surface area contributed by atoms with Crippen molar-refractivity contribution >= 4 is 17.9 Å². The minimum absolute atomic E-state index is 0.0138. The van der Waals surface area contributed by atoms with E-state index in [1.807, 2.05) is 6.92 Å². The van der Waals surface area contributed by atoms with Crippen molar-refractivity contribution in [3.63, 3.8) is 0 Å². The van der Waals surface area contributed by atoms with Crippen molar-refractivity contribution in [1.29, 1.82) is 0 Å². The molecule has 6 rings (SSSR count). The standard InChI is InChI=1S/C53H91NO7/c1-5-7-15-21-39-31-43(39)35-45-33-41(45)23-17-11-9-13-19-25-49(55)60-48-38-58-47(37-59-52(57)53(3)27-29-54(4)30-28-53)51(48)61-50(56)26-20-14-10-12-18-24-42-34-46(42)36-44-32-40(44)22-16-8-6-2/h39-48,51H,5-38H2,1-4H3/t39?,40?,41?,42?,43?,44?,45?,46?,47-,48+,51+/m1/s1. The van der Waals surface area contributed by atoms with Crippen LogP contribution in [-0.4, -0.2) is 74.5 Å². The Balaban J connectivity index is 0.826. The summed E-state index contributed by atoms with van der Waals surface area (Å²) in [5.74, 6) is 7.37. The summed E-state index contributed by atoms with van der Waals surface area (Å²) in [7, 11) is 2.07. The van der Waals surface area contributed by atoms with Crippen LogP contribution in [0.15, 0.2) is 0 Å². The van der Waals surface area contributed by atoms with Gasteiger partial charge in [-0.3, -0.25) is 14.4 Å². The van der Waals surface area contributed by atoms with E-state index in [1.165, 1.54) is 128 Å². The summed E-state index contributed by atoms with van der Waals surface area (Å²) in [4.78, 5) is 41.7.